The summed E-state index contributed by atoms with van der Waals surface area (Å²) in [7, 11) is 0. The number of hydrogen-bond donors (Lipinski definition) is 0. The van der Waals surface area contributed by atoms with Crippen LogP contribution in [0.15, 0.2) is 94.7 Å². The van der Waals surface area contributed by atoms with Crippen LogP contribution in [-0.2, 0) is 6.54 Å². The van der Waals surface area contributed by atoms with Crippen LogP contribution in [0.3, 0.4) is 0 Å². The molecule has 1 aliphatic heterocycles. The largest absolute Gasteiger partial charge is 0.341 e. The third-order valence-corrected chi connectivity index (χ3v) is 7.50. The van der Waals surface area contributed by atoms with Gasteiger partial charge in [0.2, 0.25) is 0 Å². The molecule has 2 heterocycles. The van der Waals surface area contributed by atoms with Gasteiger partial charge in [-0.2, -0.15) is 0 Å². The van der Waals surface area contributed by atoms with Gasteiger partial charge in [0.05, 0.1) is 11.4 Å². The second-order valence-electron chi connectivity index (χ2n) is 7.99. The first kappa shape index (κ1) is 18.6. The van der Waals surface area contributed by atoms with Crippen LogP contribution in [0.5, 0.6) is 0 Å². The van der Waals surface area contributed by atoms with Crippen molar-refractivity contribution >= 4 is 44.9 Å². The van der Waals surface area contributed by atoms with Crippen molar-refractivity contribution in [1.82, 2.24) is 4.57 Å². The fraction of sp³-hybridized carbons (Fsp3) is 0.143. The number of hydrogen-bond acceptors (Lipinski definition) is 2. The van der Waals surface area contributed by atoms with Crippen LogP contribution in [0.1, 0.15) is 13.8 Å². The number of para-hydroxylation sites is 2. The normalized spacial score (nSPS) is 12.9. The monoisotopic (exact) mass is 420 g/mol. The van der Waals surface area contributed by atoms with E-state index in [9.17, 15) is 0 Å². The van der Waals surface area contributed by atoms with Crippen molar-refractivity contribution in [3.63, 3.8) is 0 Å². The summed E-state index contributed by atoms with van der Waals surface area (Å²) in [5.74, 6) is 0. The molecule has 0 radical (unpaired) electrons. The highest BCUT2D eigenvalue weighted by molar-refractivity contribution is 7.99. The molecule has 0 saturated carbocycles. The summed E-state index contributed by atoms with van der Waals surface area (Å²) in [6.07, 6.45) is 0. The molecule has 0 fully saturated rings. The highest BCUT2D eigenvalue weighted by Crippen LogP contribution is 2.49. The van der Waals surface area contributed by atoms with Crippen molar-refractivity contribution in [2.45, 2.75) is 30.2 Å². The van der Waals surface area contributed by atoms with E-state index in [1.807, 2.05) is 11.8 Å². The van der Waals surface area contributed by atoms with Gasteiger partial charge >= 0.3 is 0 Å². The predicted octanol–water partition coefficient (Wildman–Crippen LogP) is 8.10. The van der Waals surface area contributed by atoms with Crippen molar-refractivity contribution in [3.05, 3.63) is 84.9 Å². The van der Waals surface area contributed by atoms with Gasteiger partial charge in [-0.05, 0) is 61.4 Å². The van der Waals surface area contributed by atoms with Gasteiger partial charge in [-0.15, -0.1) is 0 Å². The Morgan fingerprint density at radius 1 is 0.613 bits per heavy atom. The van der Waals surface area contributed by atoms with Crippen molar-refractivity contribution < 1.29 is 0 Å². The maximum atomic E-state index is 2.44. The lowest BCUT2D eigenvalue weighted by Crippen LogP contribution is -2.19. The number of aryl methyl sites for hydroxylation is 1. The second-order valence-corrected chi connectivity index (χ2v) is 9.07. The van der Waals surface area contributed by atoms with Crippen molar-refractivity contribution in [1.29, 1.82) is 0 Å². The molecule has 0 amide bonds. The van der Waals surface area contributed by atoms with Gasteiger partial charge in [-0.1, -0.05) is 60.3 Å². The quantitative estimate of drug-likeness (QED) is 0.291. The Kier molecular flexibility index (Phi) is 4.32. The Bertz CT molecular complexity index is 1450. The Balaban J connectivity index is 1.51. The Morgan fingerprint density at radius 2 is 1.32 bits per heavy atom. The zero-order valence-corrected chi connectivity index (χ0v) is 18.6. The van der Waals surface area contributed by atoms with E-state index < -0.39 is 0 Å². The molecule has 2 nitrogen and oxygen atoms in total. The number of nitrogens with zero attached hydrogens (tertiary/aromatic N) is 2. The molecule has 0 aliphatic carbocycles. The lowest BCUT2D eigenvalue weighted by Gasteiger charge is -2.32. The van der Waals surface area contributed by atoms with E-state index in [4.69, 9.17) is 0 Å². The number of aromatic nitrogens is 1. The van der Waals surface area contributed by atoms with Crippen molar-refractivity contribution in [3.8, 4) is 11.1 Å². The van der Waals surface area contributed by atoms with Crippen LogP contribution >= 0.6 is 11.8 Å². The van der Waals surface area contributed by atoms with Gasteiger partial charge in [-0.25, -0.2) is 0 Å². The molecular weight excluding hydrogens is 396 g/mol. The summed E-state index contributed by atoms with van der Waals surface area (Å²) in [5, 5.41) is 2.67. The van der Waals surface area contributed by atoms with Gasteiger partial charge in [0.1, 0.15) is 0 Å². The topological polar surface area (TPSA) is 8.17 Å². The standard InChI is InChI=1S/C28H24N2S/c1-3-29-23-10-6-5-9-21(23)22-15-13-19(17-25(22)29)20-14-16-28-26(18-20)30(4-2)24-11-7-8-12-27(24)31-28/h5-18H,3-4H2,1-2H3. The molecule has 4 aromatic carbocycles. The summed E-state index contributed by atoms with van der Waals surface area (Å²) < 4.78 is 2.43. The predicted molar refractivity (Wildman–Crippen MR) is 134 cm³/mol. The van der Waals surface area contributed by atoms with Crippen LogP contribution in [0.25, 0.3) is 32.9 Å². The molecule has 0 saturated heterocycles. The first-order chi connectivity index (χ1) is 15.3. The zero-order chi connectivity index (χ0) is 20.9. The van der Waals surface area contributed by atoms with Crippen LogP contribution in [0.4, 0.5) is 11.4 Å². The van der Waals surface area contributed by atoms with Gasteiger partial charge in [-0.3, -0.25) is 0 Å². The smallest absolute Gasteiger partial charge is 0.0558 e. The van der Waals surface area contributed by atoms with E-state index in [2.05, 4.69) is 108 Å². The van der Waals surface area contributed by atoms with Gasteiger partial charge in [0.25, 0.3) is 0 Å². The van der Waals surface area contributed by atoms with Gasteiger partial charge < -0.3 is 9.47 Å². The second kappa shape index (κ2) is 7.21. The van der Waals surface area contributed by atoms with Crippen LogP contribution in [0.2, 0.25) is 0 Å². The molecule has 0 N–H and O–H groups in total. The molecule has 0 bridgehead atoms. The highest BCUT2D eigenvalue weighted by atomic mass is 32.2. The Hall–Kier alpha value is -3.17. The molecule has 0 spiro atoms. The Morgan fingerprint density at radius 3 is 2.19 bits per heavy atom. The van der Waals surface area contributed by atoms with E-state index in [0.29, 0.717) is 0 Å². The van der Waals surface area contributed by atoms with Gasteiger partial charge in [0.15, 0.2) is 0 Å². The summed E-state index contributed by atoms with van der Waals surface area (Å²) in [6, 6.07) is 31.3. The lowest BCUT2D eigenvalue weighted by atomic mass is 10.0. The Labute approximate surface area is 187 Å². The van der Waals surface area contributed by atoms with Crippen molar-refractivity contribution in [2.75, 3.05) is 11.4 Å². The molecule has 5 aromatic rings. The van der Waals surface area contributed by atoms with Crippen molar-refractivity contribution in [2.24, 2.45) is 0 Å². The third-order valence-electron chi connectivity index (χ3n) is 6.37. The fourth-order valence-electron chi connectivity index (χ4n) is 4.92. The average Bonchev–Trinajstić information content (AvgIpc) is 3.15. The van der Waals surface area contributed by atoms with Gasteiger partial charge in [0, 0.05) is 44.7 Å². The minimum atomic E-state index is 0.955. The van der Waals surface area contributed by atoms with E-state index in [0.717, 1.165) is 13.1 Å². The van der Waals surface area contributed by atoms with E-state index in [-0.39, 0.29) is 0 Å². The first-order valence-electron chi connectivity index (χ1n) is 11.0. The molecule has 152 valence electrons. The van der Waals surface area contributed by atoms with E-state index in [1.54, 1.807) is 0 Å². The molecule has 6 rings (SSSR count). The SMILES string of the molecule is CCN1c2ccccc2Sc2ccc(-c3ccc4c5ccccc5n(CC)c4c3)cc21. The number of rotatable bonds is 3. The minimum Gasteiger partial charge on any atom is -0.341 e. The number of fused-ring (bicyclic) bond motifs is 5. The maximum Gasteiger partial charge on any atom is 0.0558 e. The maximum absolute atomic E-state index is 2.44. The summed E-state index contributed by atoms with van der Waals surface area (Å²) in [6.45, 7) is 6.38. The molecule has 1 aromatic heterocycles. The molecule has 1 aliphatic rings. The molecule has 31 heavy (non-hydrogen) atoms. The summed E-state index contributed by atoms with van der Waals surface area (Å²) >= 11 is 1.87. The van der Waals surface area contributed by atoms with E-state index >= 15 is 0 Å². The first-order valence-corrected chi connectivity index (χ1v) is 11.8. The highest BCUT2D eigenvalue weighted by Gasteiger charge is 2.22. The van der Waals surface area contributed by atoms with Crippen LogP contribution in [-0.4, -0.2) is 11.1 Å². The fourth-order valence-corrected chi connectivity index (χ4v) is 6.00. The summed E-state index contributed by atoms with van der Waals surface area (Å²) in [4.78, 5) is 5.10. The number of anilines is 2. The lowest BCUT2D eigenvalue weighted by molar-refractivity contribution is 0.827. The van der Waals surface area contributed by atoms with E-state index in [1.165, 1.54) is 54.1 Å². The molecule has 3 heteroatoms. The third kappa shape index (κ3) is 2.80. The average molecular weight is 421 g/mol. The molecular formula is C28H24N2S. The minimum absolute atomic E-state index is 0.955. The number of benzene rings is 4. The zero-order valence-electron chi connectivity index (χ0n) is 17.8. The van der Waals surface area contributed by atoms with Crippen LogP contribution < -0.4 is 4.90 Å². The molecule has 0 atom stereocenters. The van der Waals surface area contributed by atoms with Crippen LogP contribution in [0, 0.1) is 0 Å². The molecule has 0 unspecified atom stereocenters. The summed E-state index contributed by atoms with van der Waals surface area (Å²) in [5.41, 5.74) is 7.78.